The fourth-order valence-electron chi connectivity index (χ4n) is 3.08. The van der Waals surface area contributed by atoms with Crippen LogP contribution in [0.5, 0.6) is 0 Å². The molecule has 0 aliphatic carbocycles. The molecular formula is C23H15FN4OS2. The van der Waals surface area contributed by atoms with E-state index in [1.54, 1.807) is 23.7 Å². The Bertz CT molecular complexity index is 1440. The molecule has 1 amide bonds. The summed E-state index contributed by atoms with van der Waals surface area (Å²) >= 11 is 2.87. The molecule has 31 heavy (non-hydrogen) atoms. The Morgan fingerprint density at radius 3 is 2.68 bits per heavy atom. The van der Waals surface area contributed by atoms with Gasteiger partial charge < -0.3 is 0 Å². The number of aryl methyl sites for hydroxylation is 1. The average Bonchev–Trinajstić information content (AvgIpc) is 3.40. The maximum atomic E-state index is 13.4. The molecule has 0 saturated heterocycles. The van der Waals surface area contributed by atoms with Crippen molar-refractivity contribution in [3.63, 3.8) is 0 Å². The van der Waals surface area contributed by atoms with E-state index in [0.717, 1.165) is 26.0 Å². The van der Waals surface area contributed by atoms with Gasteiger partial charge in [0.1, 0.15) is 5.82 Å². The molecule has 0 aliphatic heterocycles. The van der Waals surface area contributed by atoms with Gasteiger partial charge in [0.25, 0.3) is 5.91 Å². The Balaban J connectivity index is 1.57. The zero-order valence-corrected chi connectivity index (χ0v) is 18.0. The summed E-state index contributed by atoms with van der Waals surface area (Å²) in [4.78, 5) is 22.3. The molecule has 5 rings (SSSR count). The molecule has 0 fully saturated rings. The molecule has 0 radical (unpaired) electrons. The second-order valence-corrected chi connectivity index (χ2v) is 8.81. The Hall–Kier alpha value is -3.49. The molecule has 2 aromatic heterocycles. The zero-order valence-electron chi connectivity index (χ0n) is 16.3. The summed E-state index contributed by atoms with van der Waals surface area (Å²) in [6.07, 6.45) is 1.53. The van der Waals surface area contributed by atoms with Crippen molar-refractivity contribution in [1.82, 2.24) is 9.97 Å². The molecule has 0 atom stereocenters. The maximum Gasteiger partial charge on any atom is 0.280 e. The number of hydrazone groups is 1. The number of anilines is 1. The summed E-state index contributed by atoms with van der Waals surface area (Å²) in [5.41, 5.74) is 5.68. The van der Waals surface area contributed by atoms with E-state index >= 15 is 0 Å². The number of hydrogen-bond donors (Lipinski definition) is 0. The molecule has 5 nitrogen and oxygen atoms in total. The van der Waals surface area contributed by atoms with Crippen molar-refractivity contribution in [3.8, 4) is 0 Å². The lowest BCUT2D eigenvalue weighted by atomic mass is 10.2. The first kappa shape index (κ1) is 19.5. The van der Waals surface area contributed by atoms with Gasteiger partial charge in [-0.3, -0.25) is 4.79 Å². The highest BCUT2D eigenvalue weighted by Crippen LogP contribution is 2.31. The standard InChI is InChI=1S/C23H15FN4OS2/c1-14-2-8-19-21(10-14)31-23(27-19)28(26-12-15-3-6-17(24)7-4-15)22(29)16-5-9-18-20(11-16)30-13-25-18/h2-13H,1H3/b26-12+. The van der Waals surface area contributed by atoms with Gasteiger partial charge in [-0.1, -0.05) is 29.5 Å². The van der Waals surface area contributed by atoms with E-state index in [1.165, 1.54) is 46.0 Å². The van der Waals surface area contributed by atoms with Crippen LogP contribution < -0.4 is 5.01 Å². The first-order valence-electron chi connectivity index (χ1n) is 9.41. The smallest absolute Gasteiger partial charge is 0.267 e. The Morgan fingerprint density at radius 1 is 1.03 bits per heavy atom. The van der Waals surface area contributed by atoms with Gasteiger partial charge >= 0.3 is 0 Å². The SMILES string of the molecule is Cc1ccc2nc(N(/N=C/c3ccc(F)cc3)C(=O)c3ccc4ncsc4c3)sc2c1. The van der Waals surface area contributed by atoms with Gasteiger partial charge in [-0.05, 0) is 60.5 Å². The highest BCUT2D eigenvalue weighted by atomic mass is 32.1. The predicted molar refractivity (Wildman–Crippen MR) is 125 cm³/mol. The lowest BCUT2D eigenvalue weighted by molar-refractivity contribution is 0.0988. The van der Waals surface area contributed by atoms with Crippen LogP contribution in [0.3, 0.4) is 0 Å². The Morgan fingerprint density at radius 2 is 1.84 bits per heavy atom. The summed E-state index contributed by atoms with van der Waals surface area (Å²) in [7, 11) is 0. The third-order valence-corrected chi connectivity index (χ3v) is 6.46. The van der Waals surface area contributed by atoms with E-state index in [-0.39, 0.29) is 11.7 Å². The minimum Gasteiger partial charge on any atom is -0.267 e. The molecule has 0 N–H and O–H groups in total. The van der Waals surface area contributed by atoms with Crippen LogP contribution in [0.4, 0.5) is 9.52 Å². The van der Waals surface area contributed by atoms with Crippen molar-refractivity contribution in [2.24, 2.45) is 5.10 Å². The van der Waals surface area contributed by atoms with E-state index in [1.807, 2.05) is 37.3 Å². The molecule has 0 unspecified atom stereocenters. The van der Waals surface area contributed by atoms with Gasteiger partial charge in [0.2, 0.25) is 5.13 Å². The molecule has 0 bridgehead atoms. The first-order chi connectivity index (χ1) is 15.1. The van der Waals surface area contributed by atoms with E-state index in [0.29, 0.717) is 16.3 Å². The molecule has 0 spiro atoms. The van der Waals surface area contributed by atoms with Crippen LogP contribution in [0, 0.1) is 12.7 Å². The van der Waals surface area contributed by atoms with Gasteiger partial charge in [0.15, 0.2) is 0 Å². The van der Waals surface area contributed by atoms with Crippen LogP contribution in [-0.4, -0.2) is 22.1 Å². The Labute approximate surface area is 185 Å². The molecule has 2 heterocycles. The first-order valence-corrected chi connectivity index (χ1v) is 11.1. The van der Waals surface area contributed by atoms with Crippen LogP contribution in [-0.2, 0) is 0 Å². The number of benzene rings is 3. The number of carbonyl (C=O) groups is 1. The van der Waals surface area contributed by atoms with Gasteiger partial charge in [0, 0.05) is 5.56 Å². The van der Waals surface area contributed by atoms with Crippen LogP contribution in [0.1, 0.15) is 21.5 Å². The zero-order chi connectivity index (χ0) is 21.4. The van der Waals surface area contributed by atoms with Crippen LogP contribution in [0.2, 0.25) is 0 Å². The molecule has 152 valence electrons. The van der Waals surface area contributed by atoms with Gasteiger partial charge in [-0.25, -0.2) is 14.4 Å². The summed E-state index contributed by atoms with van der Waals surface area (Å²) < 4.78 is 15.1. The van der Waals surface area contributed by atoms with Crippen molar-refractivity contribution >= 4 is 60.4 Å². The third-order valence-electron chi connectivity index (χ3n) is 4.68. The predicted octanol–water partition coefficient (Wildman–Crippen LogP) is 6.03. The van der Waals surface area contributed by atoms with Crippen molar-refractivity contribution < 1.29 is 9.18 Å². The Kier molecular flexibility index (Phi) is 5.01. The highest BCUT2D eigenvalue weighted by molar-refractivity contribution is 7.22. The van der Waals surface area contributed by atoms with Crippen LogP contribution >= 0.6 is 22.7 Å². The normalized spacial score (nSPS) is 11.5. The minimum absolute atomic E-state index is 0.301. The van der Waals surface area contributed by atoms with E-state index in [4.69, 9.17) is 0 Å². The summed E-state index contributed by atoms with van der Waals surface area (Å²) in [5.74, 6) is -0.631. The van der Waals surface area contributed by atoms with Crippen LogP contribution in [0.25, 0.3) is 20.4 Å². The van der Waals surface area contributed by atoms with Gasteiger partial charge in [-0.15, -0.1) is 11.3 Å². The van der Waals surface area contributed by atoms with Crippen molar-refractivity contribution in [1.29, 1.82) is 0 Å². The number of rotatable bonds is 4. The lowest BCUT2D eigenvalue weighted by Crippen LogP contribution is -2.25. The second-order valence-electron chi connectivity index (χ2n) is 6.92. The molecule has 3 aromatic carbocycles. The fourth-order valence-corrected chi connectivity index (χ4v) is 4.82. The van der Waals surface area contributed by atoms with Gasteiger partial charge in [-0.2, -0.15) is 10.1 Å². The third kappa shape index (κ3) is 3.95. The highest BCUT2D eigenvalue weighted by Gasteiger charge is 2.21. The number of thiazole rings is 2. The van der Waals surface area contributed by atoms with Crippen molar-refractivity contribution in [2.45, 2.75) is 6.92 Å². The number of hydrogen-bond acceptors (Lipinski definition) is 6. The van der Waals surface area contributed by atoms with Gasteiger partial charge in [0.05, 0.1) is 32.2 Å². The lowest BCUT2D eigenvalue weighted by Gasteiger charge is -2.14. The topological polar surface area (TPSA) is 58.5 Å². The average molecular weight is 447 g/mol. The number of fused-ring (bicyclic) bond motifs is 2. The molecular weight excluding hydrogens is 431 g/mol. The fraction of sp³-hybridized carbons (Fsp3) is 0.0435. The summed E-state index contributed by atoms with van der Waals surface area (Å²) in [6, 6.07) is 17.2. The monoisotopic (exact) mass is 446 g/mol. The van der Waals surface area contributed by atoms with E-state index in [9.17, 15) is 9.18 Å². The van der Waals surface area contributed by atoms with E-state index < -0.39 is 0 Å². The summed E-state index contributed by atoms with van der Waals surface area (Å²) in [6.45, 7) is 2.01. The number of amides is 1. The maximum absolute atomic E-state index is 13.4. The molecule has 5 aromatic rings. The summed E-state index contributed by atoms with van der Waals surface area (Å²) in [5, 5.41) is 6.19. The number of nitrogens with zero attached hydrogens (tertiary/aromatic N) is 4. The molecule has 0 saturated carbocycles. The molecule has 8 heteroatoms. The second kappa shape index (κ2) is 7.98. The van der Waals surface area contributed by atoms with E-state index in [2.05, 4.69) is 15.1 Å². The molecule has 0 aliphatic rings. The minimum atomic E-state index is -0.329. The largest absolute Gasteiger partial charge is 0.280 e. The van der Waals surface area contributed by atoms with Crippen molar-refractivity contribution in [2.75, 3.05) is 5.01 Å². The number of aromatic nitrogens is 2. The van der Waals surface area contributed by atoms with Crippen molar-refractivity contribution in [3.05, 3.63) is 88.7 Å². The quantitative estimate of drug-likeness (QED) is 0.250. The number of carbonyl (C=O) groups excluding carboxylic acids is 1. The number of halogens is 1. The van der Waals surface area contributed by atoms with Crippen LogP contribution in [0.15, 0.2) is 71.3 Å².